The second kappa shape index (κ2) is 5.74. The summed E-state index contributed by atoms with van der Waals surface area (Å²) in [4.78, 5) is 11.3. The molecule has 0 unspecified atom stereocenters. The van der Waals surface area contributed by atoms with Crippen molar-refractivity contribution in [1.29, 1.82) is 0 Å². The number of carboxylic acid groups (broad SMARTS) is 1. The SMILES string of the molecule is CC(C)(Cc1ccccc1C1CCOCC1)C(=O)O. The number of benzene rings is 1. The van der Waals surface area contributed by atoms with Gasteiger partial charge in [0.25, 0.3) is 0 Å². The summed E-state index contributed by atoms with van der Waals surface area (Å²) in [6.45, 7) is 5.19. The minimum absolute atomic E-state index is 0.509. The van der Waals surface area contributed by atoms with E-state index < -0.39 is 11.4 Å². The maximum absolute atomic E-state index is 11.3. The van der Waals surface area contributed by atoms with Crippen molar-refractivity contribution in [1.82, 2.24) is 0 Å². The standard InChI is InChI=1S/C16H22O3/c1-16(2,15(17)18)11-13-5-3-4-6-14(13)12-7-9-19-10-8-12/h3-6,12H,7-11H2,1-2H3,(H,17,18). The lowest BCUT2D eigenvalue weighted by Gasteiger charge is -2.27. The second-order valence-electron chi connectivity index (χ2n) is 5.95. The molecule has 1 fully saturated rings. The zero-order chi connectivity index (χ0) is 13.9. The van der Waals surface area contributed by atoms with Gasteiger partial charge in [0.2, 0.25) is 0 Å². The molecular formula is C16H22O3. The number of rotatable bonds is 4. The molecule has 1 aliphatic rings. The van der Waals surface area contributed by atoms with Crippen LogP contribution in [0.25, 0.3) is 0 Å². The molecule has 19 heavy (non-hydrogen) atoms. The minimum Gasteiger partial charge on any atom is -0.481 e. The van der Waals surface area contributed by atoms with Gasteiger partial charge in [-0.05, 0) is 50.2 Å². The van der Waals surface area contributed by atoms with Gasteiger partial charge in [0.15, 0.2) is 0 Å². The first-order valence-electron chi connectivity index (χ1n) is 6.89. The molecule has 3 heteroatoms. The molecule has 0 saturated carbocycles. The van der Waals surface area contributed by atoms with Crippen LogP contribution in [-0.4, -0.2) is 24.3 Å². The van der Waals surface area contributed by atoms with E-state index in [0.717, 1.165) is 26.1 Å². The molecule has 1 aromatic rings. The summed E-state index contributed by atoms with van der Waals surface area (Å²) in [7, 11) is 0. The highest BCUT2D eigenvalue weighted by molar-refractivity contribution is 5.74. The van der Waals surface area contributed by atoms with Gasteiger partial charge in [0.1, 0.15) is 0 Å². The Labute approximate surface area is 114 Å². The van der Waals surface area contributed by atoms with Crippen LogP contribution >= 0.6 is 0 Å². The van der Waals surface area contributed by atoms with Crippen LogP contribution in [0, 0.1) is 5.41 Å². The normalized spacial score (nSPS) is 17.4. The van der Waals surface area contributed by atoms with Crippen LogP contribution in [0.3, 0.4) is 0 Å². The molecule has 1 aliphatic heterocycles. The van der Waals surface area contributed by atoms with E-state index >= 15 is 0 Å². The van der Waals surface area contributed by atoms with Gasteiger partial charge in [0.05, 0.1) is 5.41 Å². The molecule has 2 rings (SSSR count). The lowest BCUT2D eigenvalue weighted by atomic mass is 9.80. The van der Waals surface area contributed by atoms with Crippen LogP contribution in [0.4, 0.5) is 0 Å². The van der Waals surface area contributed by atoms with Crippen LogP contribution in [0.2, 0.25) is 0 Å². The van der Waals surface area contributed by atoms with E-state index in [0.29, 0.717) is 12.3 Å². The maximum atomic E-state index is 11.3. The average molecular weight is 262 g/mol. The van der Waals surface area contributed by atoms with E-state index in [1.54, 1.807) is 13.8 Å². The predicted octanol–water partition coefficient (Wildman–Crippen LogP) is 3.23. The van der Waals surface area contributed by atoms with E-state index in [9.17, 15) is 9.90 Å². The van der Waals surface area contributed by atoms with Crippen molar-refractivity contribution < 1.29 is 14.6 Å². The van der Waals surface area contributed by atoms with Gasteiger partial charge in [-0.25, -0.2) is 0 Å². The van der Waals surface area contributed by atoms with Crippen molar-refractivity contribution >= 4 is 5.97 Å². The summed E-state index contributed by atoms with van der Waals surface area (Å²) in [6.07, 6.45) is 2.64. The number of hydrogen-bond acceptors (Lipinski definition) is 2. The van der Waals surface area contributed by atoms with Gasteiger partial charge in [-0.2, -0.15) is 0 Å². The first-order valence-corrected chi connectivity index (χ1v) is 6.89. The van der Waals surface area contributed by atoms with Gasteiger partial charge < -0.3 is 9.84 Å². The van der Waals surface area contributed by atoms with Crippen molar-refractivity contribution in [2.45, 2.75) is 39.0 Å². The Hall–Kier alpha value is -1.35. The van der Waals surface area contributed by atoms with Crippen molar-refractivity contribution in [3.63, 3.8) is 0 Å². The van der Waals surface area contributed by atoms with Crippen molar-refractivity contribution in [3.05, 3.63) is 35.4 Å². The van der Waals surface area contributed by atoms with E-state index in [4.69, 9.17) is 4.74 Å². The van der Waals surface area contributed by atoms with Gasteiger partial charge in [0, 0.05) is 13.2 Å². The van der Waals surface area contributed by atoms with Gasteiger partial charge in [-0.3, -0.25) is 4.79 Å². The smallest absolute Gasteiger partial charge is 0.309 e. The van der Waals surface area contributed by atoms with Crippen LogP contribution in [0.15, 0.2) is 24.3 Å². The molecule has 0 atom stereocenters. The summed E-state index contributed by atoms with van der Waals surface area (Å²) < 4.78 is 5.41. The number of aliphatic carboxylic acids is 1. The molecule has 0 aliphatic carbocycles. The molecule has 0 bridgehead atoms. The van der Waals surface area contributed by atoms with Crippen molar-refractivity contribution in [2.75, 3.05) is 13.2 Å². The largest absolute Gasteiger partial charge is 0.481 e. The summed E-state index contributed by atoms with van der Waals surface area (Å²) in [6, 6.07) is 8.25. The summed E-state index contributed by atoms with van der Waals surface area (Å²) >= 11 is 0. The van der Waals surface area contributed by atoms with Crippen LogP contribution < -0.4 is 0 Å². The monoisotopic (exact) mass is 262 g/mol. The third kappa shape index (κ3) is 3.35. The molecule has 104 valence electrons. The molecule has 3 nitrogen and oxygen atoms in total. The van der Waals surface area contributed by atoms with Gasteiger partial charge in [-0.15, -0.1) is 0 Å². The Kier molecular flexibility index (Phi) is 4.25. The Morgan fingerprint density at radius 2 is 1.95 bits per heavy atom. The molecule has 1 N–H and O–H groups in total. The fraction of sp³-hybridized carbons (Fsp3) is 0.562. The van der Waals surface area contributed by atoms with Gasteiger partial charge in [-0.1, -0.05) is 24.3 Å². The highest BCUT2D eigenvalue weighted by Gasteiger charge is 2.29. The lowest BCUT2D eigenvalue weighted by molar-refractivity contribution is -0.146. The molecule has 0 spiro atoms. The highest BCUT2D eigenvalue weighted by atomic mass is 16.5. The number of hydrogen-bond donors (Lipinski definition) is 1. The fourth-order valence-corrected chi connectivity index (χ4v) is 2.65. The van der Waals surface area contributed by atoms with Gasteiger partial charge >= 0.3 is 5.97 Å². The van der Waals surface area contributed by atoms with Crippen LogP contribution in [0.1, 0.15) is 43.7 Å². The Bertz CT molecular complexity index is 445. The van der Waals surface area contributed by atoms with Crippen molar-refractivity contribution in [3.8, 4) is 0 Å². The Morgan fingerprint density at radius 3 is 2.58 bits per heavy atom. The molecule has 0 radical (unpaired) electrons. The summed E-state index contributed by atoms with van der Waals surface area (Å²) in [5.41, 5.74) is 1.75. The number of carboxylic acids is 1. The zero-order valence-electron chi connectivity index (χ0n) is 11.7. The second-order valence-corrected chi connectivity index (χ2v) is 5.95. The average Bonchev–Trinajstić information content (AvgIpc) is 2.40. The fourth-order valence-electron chi connectivity index (χ4n) is 2.65. The first-order chi connectivity index (χ1) is 9.00. The molecule has 1 saturated heterocycles. The van der Waals surface area contributed by atoms with Crippen LogP contribution in [-0.2, 0) is 16.0 Å². The third-order valence-electron chi connectivity index (χ3n) is 3.93. The summed E-state index contributed by atoms with van der Waals surface area (Å²) in [5, 5.41) is 9.28. The third-order valence-corrected chi connectivity index (χ3v) is 3.93. The molecule has 0 amide bonds. The van der Waals surface area contributed by atoms with E-state index in [1.807, 2.05) is 12.1 Å². The predicted molar refractivity (Wildman–Crippen MR) is 74.4 cm³/mol. The number of ether oxygens (including phenoxy) is 1. The Balaban J connectivity index is 2.23. The lowest BCUT2D eigenvalue weighted by Crippen LogP contribution is -2.27. The minimum atomic E-state index is -0.741. The summed E-state index contributed by atoms with van der Waals surface area (Å²) in [5.74, 6) is -0.233. The van der Waals surface area contributed by atoms with E-state index in [1.165, 1.54) is 11.1 Å². The highest BCUT2D eigenvalue weighted by Crippen LogP contribution is 2.32. The molecular weight excluding hydrogens is 240 g/mol. The van der Waals surface area contributed by atoms with E-state index in [-0.39, 0.29) is 0 Å². The van der Waals surface area contributed by atoms with Crippen molar-refractivity contribution in [2.24, 2.45) is 5.41 Å². The zero-order valence-corrected chi connectivity index (χ0v) is 11.7. The van der Waals surface area contributed by atoms with E-state index in [2.05, 4.69) is 12.1 Å². The molecule has 0 aromatic heterocycles. The van der Waals surface area contributed by atoms with Crippen LogP contribution in [0.5, 0.6) is 0 Å². The maximum Gasteiger partial charge on any atom is 0.309 e. The molecule has 1 heterocycles. The quantitative estimate of drug-likeness (QED) is 0.906. The number of carbonyl (C=O) groups is 1. The topological polar surface area (TPSA) is 46.5 Å². The molecule has 1 aromatic carbocycles. The first kappa shape index (κ1) is 14.1. The Morgan fingerprint density at radius 1 is 1.32 bits per heavy atom.